The Bertz CT molecular complexity index is 289. The van der Waals surface area contributed by atoms with E-state index in [1.165, 1.54) is 0 Å². The largest absolute Gasteiger partial charge is 0.480 e. The van der Waals surface area contributed by atoms with Crippen LogP contribution >= 0.6 is 11.8 Å². The maximum Gasteiger partial charge on any atom is 0.319 e. The first-order chi connectivity index (χ1) is 8.61. The fourth-order valence-electron chi connectivity index (χ4n) is 1.27. The number of ether oxygens (including phenoxy) is 2. The van der Waals surface area contributed by atoms with Gasteiger partial charge in [0.05, 0.1) is 32.5 Å². The highest BCUT2D eigenvalue weighted by Gasteiger charge is 2.22. The van der Waals surface area contributed by atoms with Crippen LogP contribution in [0.4, 0.5) is 0 Å². The predicted octanol–water partition coefficient (Wildman–Crippen LogP) is -1.34. The monoisotopic (exact) mass is 278 g/mol. The molecule has 0 aromatic rings. The molecule has 0 bridgehead atoms. The van der Waals surface area contributed by atoms with Crippen LogP contribution in [0.1, 0.15) is 0 Å². The van der Waals surface area contributed by atoms with Crippen LogP contribution in [0.2, 0.25) is 0 Å². The number of thioether (sulfide) groups is 1. The molecular weight excluding hydrogens is 260 g/mol. The average molecular weight is 278 g/mol. The van der Waals surface area contributed by atoms with E-state index in [9.17, 15) is 9.59 Å². The summed E-state index contributed by atoms with van der Waals surface area (Å²) in [7, 11) is 0. The van der Waals surface area contributed by atoms with Gasteiger partial charge in [-0.2, -0.15) is 0 Å². The van der Waals surface area contributed by atoms with E-state index in [4.69, 9.17) is 20.3 Å². The van der Waals surface area contributed by atoms with E-state index < -0.39 is 17.3 Å². The fraction of sp³-hybridized carbons (Fsp3) is 0.800. The first-order valence-electron chi connectivity index (χ1n) is 5.64. The molecule has 1 rings (SSSR count). The van der Waals surface area contributed by atoms with Crippen LogP contribution in [0.25, 0.3) is 0 Å². The minimum atomic E-state index is -0.969. The highest BCUT2D eigenvalue weighted by molar-refractivity contribution is 8.00. The molecule has 1 saturated heterocycles. The lowest BCUT2D eigenvalue weighted by molar-refractivity contribution is -0.137. The number of rotatable bonds is 1. The number of nitrogens with two attached hydrogens (primary N) is 1. The third-order valence-corrected chi connectivity index (χ3v) is 3.57. The van der Waals surface area contributed by atoms with Crippen LogP contribution in [-0.4, -0.2) is 67.0 Å². The van der Waals surface area contributed by atoms with Crippen molar-refractivity contribution in [1.29, 1.82) is 0 Å². The van der Waals surface area contributed by atoms with E-state index in [0.29, 0.717) is 26.4 Å². The Balaban J connectivity index is 2.51. The van der Waals surface area contributed by atoms with Crippen LogP contribution < -0.4 is 11.1 Å². The number of carboxylic acids is 1. The molecule has 1 heterocycles. The molecule has 8 heteroatoms. The molecule has 1 aliphatic heterocycles. The predicted molar refractivity (Wildman–Crippen MR) is 66.5 cm³/mol. The summed E-state index contributed by atoms with van der Waals surface area (Å²) in [5.41, 5.74) is 5.65. The van der Waals surface area contributed by atoms with Gasteiger partial charge >= 0.3 is 5.97 Å². The summed E-state index contributed by atoms with van der Waals surface area (Å²) in [6.45, 7) is 1.57. The van der Waals surface area contributed by atoms with Crippen LogP contribution in [0.3, 0.4) is 0 Å². The van der Waals surface area contributed by atoms with Crippen LogP contribution in [0.5, 0.6) is 0 Å². The molecule has 1 fully saturated rings. The maximum atomic E-state index is 11.5. The first kappa shape index (κ1) is 15.2. The van der Waals surface area contributed by atoms with Gasteiger partial charge < -0.3 is 25.6 Å². The summed E-state index contributed by atoms with van der Waals surface area (Å²) < 4.78 is 10.4. The van der Waals surface area contributed by atoms with Crippen molar-refractivity contribution in [3.05, 3.63) is 0 Å². The summed E-state index contributed by atoms with van der Waals surface area (Å²) in [6, 6.07) is -0.724. The number of hydrogen-bond acceptors (Lipinski definition) is 6. The normalized spacial score (nSPS) is 28.4. The van der Waals surface area contributed by atoms with Gasteiger partial charge in [-0.25, -0.2) is 0 Å². The number of nitrogens with one attached hydrogen (secondary N) is 1. The van der Waals surface area contributed by atoms with Gasteiger partial charge in [0.2, 0.25) is 5.91 Å². The summed E-state index contributed by atoms with van der Waals surface area (Å²) in [5.74, 6) is -1.02. The number of carbonyl (C=O) groups is 2. The standard InChI is InChI=1S/C10H18N2O5S/c11-7-6-18-8(10(14)15)5-17-4-3-16-2-1-12-9(7)13/h7-8H,1-6,11H2,(H,12,13)(H,14,15)/t7-,8?/m0/s1. The van der Waals surface area contributed by atoms with Gasteiger partial charge in [-0.3, -0.25) is 9.59 Å². The van der Waals surface area contributed by atoms with Crippen molar-refractivity contribution in [2.75, 3.05) is 38.7 Å². The summed E-state index contributed by atoms with van der Waals surface area (Å²) >= 11 is 1.11. The third-order valence-electron chi connectivity index (χ3n) is 2.28. The van der Waals surface area contributed by atoms with Crippen molar-refractivity contribution >= 4 is 23.6 Å². The molecule has 0 saturated carbocycles. The zero-order valence-electron chi connectivity index (χ0n) is 9.96. The van der Waals surface area contributed by atoms with E-state index >= 15 is 0 Å². The van der Waals surface area contributed by atoms with Crippen molar-refractivity contribution in [3.63, 3.8) is 0 Å². The lowest BCUT2D eigenvalue weighted by Crippen LogP contribution is -2.44. The van der Waals surface area contributed by atoms with E-state index in [-0.39, 0.29) is 18.3 Å². The van der Waals surface area contributed by atoms with E-state index in [2.05, 4.69) is 5.32 Å². The number of carbonyl (C=O) groups excluding carboxylic acids is 1. The van der Waals surface area contributed by atoms with E-state index in [0.717, 1.165) is 11.8 Å². The number of carboxylic acid groups (broad SMARTS) is 1. The van der Waals surface area contributed by atoms with Crippen molar-refractivity contribution < 1.29 is 24.2 Å². The van der Waals surface area contributed by atoms with Crippen LogP contribution in [0, 0.1) is 0 Å². The molecule has 0 spiro atoms. The Labute approximate surface area is 109 Å². The van der Waals surface area contributed by atoms with E-state index in [1.54, 1.807) is 0 Å². The van der Waals surface area contributed by atoms with Gasteiger partial charge in [-0.05, 0) is 0 Å². The fourth-order valence-corrected chi connectivity index (χ4v) is 2.20. The van der Waals surface area contributed by atoms with Crippen molar-refractivity contribution in [2.45, 2.75) is 11.3 Å². The molecule has 7 nitrogen and oxygen atoms in total. The molecule has 1 unspecified atom stereocenters. The molecule has 0 aliphatic carbocycles. The molecule has 1 aliphatic rings. The Kier molecular flexibility index (Phi) is 7.02. The second-order valence-electron chi connectivity index (χ2n) is 3.75. The second-order valence-corrected chi connectivity index (χ2v) is 4.98. The Morgan fingerprint density at radius 2 is 2.11 bits per heavy atom. The zero-order chi connectivity index (χ0) is 13.4. The smallest absolute Gasteiger partial charge is 0.319 e. The molecule has 0 radical (unpaired) electrons. The third kappa shape index (κ3) is 5.67. The molecule has 0 aromatic carbocycles. The zero-order valence-corrected chi connectivity index (χ0v) is 10.8. The summed E-state index contributed by atoms with van der Waals surface area (Å²) in [4.78, 5) is 22.5. The molecule has 104 valence electrons. The molecule has 1 amide bonds. The van der Waals surface area contributed by atoms with E-state index in [1.807, 2.05) is 0 Å². The second kappa shape index (κ2) is 8.30. The van der Waals surface area contributed by atoms with Crippen LogP contribution in [0.15, 0.2) is 0 Å². The van der Waals surface area contributed by atoms with Crippen molar-refractivity contribution in [1.82, 2.24) is 5.32 Å². The minimum Gasteiger partial charge on any atom is -0.480 e. The van der Waals surface area contributed by atoms with Crippen molar-refractivity contribution in [2.24, 2.45) is 5.73 Å². The number of amides is 1. The highest BCUT2D eigenvalue weighted by atomic mass is 32.2. The van der Waals surface area contributed by atoms with Gasteiger partial charge in [-0.1, -0.05) is 0 Å². The van der Waals surface area contributed by atoms with Gasteiger partial charge in [-0.15, -0.1) is 11.8 Å². The van der Waals surface area contributed by atoms with Gasteiger partial charge in [0.1, 0.15) is 5.25 Å². The van der Waals surface area contributed by atoms with Gasteiger partial charge in [0.25, 0.3) is 0 Å². The maximum absolute atomic E-state index is 11.5. The van der Waals surface area contributed by atoms with Crippen molar-refractivity contribution in [3.8, 4) is 0 Å². The molecule has 2 atom stereocenters. The summed E-state index contributed by atoms with van der Waals surface area (Å²) in [6.07, 6.45) is 0. The molecular formula is C10H18N2O5S. The summed E-state index contributed by atoms with van der Waals surface area (Å²) in [5, 5.41) is 10.9. The van der Waals surface area contributed by atoms with Crippen LogP contribution in [-0.2, 0) is 19.1 Å². The number of aliphatic carboxylic acids is 1. The quantitative estimate of drug-likeness (QED) is 0.544. The molecule has 4 N–H and O–H groups in total. The SMILES string of the molecule is N[C@H]1CSC(C(=O)O)COCCOCCNC1=O. The molecule has 0 aromatic heterocycles. The Morgan fingerprint density at radius 1 is 1.39 bits per heavy atom. The minimum absolute atomic E-state index is 0.0811. The van der Waals surface area contributed by atoms with Gasteiger partial charge in [0, 0.05) is 12.3 Å². The van der Waals surface area contributed by atoms with Gasteiger partial charge in [0.15, 0.2) is 0 Å². The lowest BCUT2D eigenvalue weighted by atomic mass is 10.3. The topological polar surface area (TPSA) is 111 Å². The number of hydrogen-bond donors (Lipinski definition) is 3. The Hall–Kier alpha value is -0.830. The highest BCUT2D eigenvalue weighted by Crippen LogP contribution is 2.13. The Morgan fingerprint density at radius 3 is 2.83 bits per heavy atom. The lowest BCUT2D eigenvalue weighted by Gasteiger charge is -2.15. The molecule has 18 heavy (non-hydrogen) atoms. The average Bonchev–Trinajstić information content (AvgIpc) is 2.35. The first-order valence-corrected chi connectivity index (χ1v) is 6.69.